The highest BCUT2D eigenvalue weighted by Gasteiger charge is 2.47. The van der Waals surface area contributed by atoms with Gasteiger partial charge in [-0.15, -0.1) is 0 Å². The Morgan fingerprint density at radius 3 is 2.71 bits per heavy atom. The van der Waals surface area contributed by atoms with Gasteiger partial charge in [0.2, 0.25) is 15.9 Å². The lowest BCUT2D eigenvalue weighted by molar-refractivity contribution is -0.138. The summed E-state index contributed by atoms with van der Waals surface area (Å²) in [6.07, 6.45) is -2.48. The molecule has 2 aromatic rings. The average Bonchev–Trinajstić information content (AvgIpc) is 2.71. The number of likely N-dealkylation sites (tertiary alicyclic amines) is 1. The van der Waals surface area contributed by atoms with Crippen LogP contribution in [0.3, 0.4) is 0 Å². The van der Waals surface area contributed by atoms with Crippen LogP contribution >= 0.6 is 0 Å². The van der Waals surface area contributed by atoms with Crippen molar-refractivity contribution in [1.29, 1.82) is 0 Å². The summed E-state index contributed by atoms with van der Waals surface area (Å²) in [5, 5.41) is 2.80. The van der Waals surface area contributed by atoms with Crippen molar-refractivity contribution < 1.29 is 31.1 Å². The van der Waals surface area contributed by atoms with Crippen LogP contribution in [-0.2, 0) is 27.4 Å². The number of amides is 1. The van der Waals surface area contributed by atoms with Gasteiger partial charge >= 0.3 is 6.18 Å². The first-order valence-corrected chi connectivity index (χ1v) is 12.3. The van der Waals surface area contributed by atoms with Crippen molar-refractivity contribution in [1.82, 2.24) is 4.90 Å². The lowest BCUT2D eigenvalue weighted by Crippen LogP contribution is -2.64. The third kappa shape index (κ3) is 4.25. The normalized spacial score (nSPS) is 21.6. The van der Waals surface area contributed by atoms with Crippen LogP contribution in [0.25, 0.3) is 5.57 Å². The molecule has 3 aliphatic rings. The number of sulfonamides is 1. The fourth-order valence-corrected chi connectivity index (χ4v) is 5.95. The van der Waals surface area contributed by atoms with E-state index in [0.717, 1.165) is 12.1 Å². The number of halogens is 3. The number of rotatable bonds is 2. The van der Waals surface area contributed by atoms with E-state index in [9.17, 15) is 26.4 Å². The number of anilines is 2. The van der Waals surface area contributed by atoms with Gasteiger partial charge in [-0.3, -0.25) is 14.4 Å². The lowest BCUT2D eigenvalue weighted by Gasteiger charge is -2.51. The fraction of sp³-hybridized carbons (Fsp3) is 0.348. The van der Waals surface area contributed by atoms with Gasteiger partial charge in [-0.05, 0) is 43.3 Å². The number of carbonyl (C=O) groups is 1. The summed E-state index contributed by atoms with van der Waals surface area (Å²) in [6.45, 7) is 1.07. The van der Waals surface area contributed by atoms with Crippen molar-refractivity contribution in [3.05, 3.63) is 59.2 Å². The molecule has 0 unspecified atom stereocenters. The van der Waals surface area contributed by atoms with E-state index in [1.54, 1.807) is 18.2 Å². The Morgan fingerprint density at radius 2 is 2.00 bits per heavy atom. The zero-order chi connectivity index (χ0) is 24.3. The molecule has 11 heteroatoms. The Bertz CT molecular complexity index is 1320. The van der Waals surface area contributed by atoms with E-state index in [1.807, 2.05) is 11.9 Å². The van der Waals surface area contributed by atoms with Crippen LogP contribution < -0.4 is 14.8 Å². The second kappa shape index (κ2) is 7.74. The minimum Gasteiger partial charge on any atom is -0.484 e. The molecule has 2 N–H and O–H groups in total. The van der Waals surface area contributed by atoms with E-state index in [0.29, 0.717) is 47.6 Å². The van der Waals surface area contributed by atoms with Crippen molar-refractivity contribution in [2.45, 2.75) is 24.6 Å². The zero-order valence-electron chi connectivity index (χ0n) is 18.2. The highest BCUT2D eigenvalue weighted by Crippen LogP contribution is 2.46. The predicted molar refractivity (Wildman–Crippen MR) is 121 cm³/mol. The molecule has 2 aromatic carbocycles. The first-order valence-electron chi connectivity index (χ1n) is 10.7. The summed E-state index contributed by atoms with van der Waals surface area (Å²) in [7, 11) is -1.51. The summed E-state index contributed by atoms with van der Waals surface area (Å²) in [4.78, 5) is 14.9. The minimum absolute atomic E-state index is 0.0870. The van der Waals surface area contributed by atoms with E-state index in [4.69, 9.17) is 4.74 Å². The van der Waals surface area contributed by atoms with Crippen LogP contribution in [0, 0.1) is 0 Å². The first-order chi connectivity index (χ1) is 15.9. The molecule has 1 saturated heterocycles. The number of ether oxygens (including phenoxy) is 1. The predicted octanol–water partition coefficient (Wildman–Crippen LogP) is 3.49. The lowest BCUT2D eigenvalue weighted by atomic mass is 9.81. The second-order valence-corrected chi connectivity index (χ2v) is 10.8. The number of nitrogens with one attached hydrogen (secondary N) is 2. The highest BCUT2D eigenvalue weighted by atomic mass is 32.2. The van der Waals surface area contributed by atoms with Crippen molar-refractivity contribution in [3.63, 3.8) is 0 Å². The molecule has 180 valence electrons. The SMILES string of the molecule is CN1CC2(CC(=CC(=O)Nc3cccc4c3CCS(=O)(=O)N4)c3ccc(C(F)(F)F)cc3O2)C1. The Labute approximate surface area is 194 Å². The van der Waals surface area contributed by atoms with Crippen LogP contribution in [0.1, 0.15) is 23.1 Å². The van der Waals surface area contributed by atoms with E-state index in [1.165, 1.54) is 12.1 Å². The molecule has 34 heavy (non-hydrogen) atoms. The summed E-state index contributed by atoms with van der Waals surface area (Å²) in [5.41, 5.74) is 1.14. The molecule has 3 aliphatic heterocycles. The number of likely N-dealkylation sites (N-methyl/N-ethyl adjacent to an activating group) is 1. The van der Waals surface area contributed by atoms with Gasteiger partial charge in [0.1, 0.15) is 11.4 Å². The maximum atomic E-state index is 13.3. The number of carbonyl (C=O) groups excluding carboxylic acids is 1. The van der Waals surface area contributed by atoms with Crippen molar-refractivity contribution in [3.8, 4) is 5.75 Å². The largest absolute Gasteiger partial charge is 0.484 e. The molecule has 1 fully saturated rings. The second-order valence-electron chi connectivity index (χ2n) is 9.00. The van der Waals surface area contributed by atoms with E-state index < -0.39 is 33.3 Å². The molecular formula is C23H22F3N3O4S. The number of benzene rings is 2. The minimum atomic E-state index is -4.51. The summed E-state index contributed by atoms with van der Waals surface area (Å²) in [6, 6.07) is 8.26. The van der Waals surface area contributed by atoms with Gasteiger partial charge in [-0.25, -0.2) is 8.42 Å². The smallest absolute Gasteiger partial charge is 0.416 e. The van der Waals surface area contributed by atoms with Crippen LogP contribution in [0.15, 0.2) is 42.5 Å². The van der Waals surface area contributed by atoms with Crippen LogP contribution in [0.2, 0.25) is 0 Å². The van der Waals surface area contributed by atoms with Crippen LogP contribution in [0.4, 0.5) is 24.5 Å². The van der Waals surface area contributed by atoms with Gasteiger partial charge in [-0.1, -0.05) is 12.1 Å². The van der Waals surface area contributed by atoms with Gasteiger partial charge in [0.15, 0.2) is 0 Å². The molecule has 0 aromatic heterocycles. The number of nitrogens with zero attached hydrogens (tertiary/aromatic N) is 1. The highest BCUT2D eigenvalue weighted by molar-refractivity contribution is 7.92. The van der Waals surface area contributed by atoms with E-state index >= 15 is 0 Å². The molecule has 3 heterocycles. The molecule has 7 nitrogen and oxygen atoms in total. The third-order valence-electron chi connectivity index (χ3n) is 6.24. The van der Waals surface area contributed by atoms with Crippen molar-refractivity contribution >= 4 is 32.9 Å². The zero-order valence-corrected chi connectivity index (χ0v) is 19.0. The van der Waals surface area contributed by atoms with E-state index in [-0.39, 0.29) is 17.9 Å². The van der Waals surface area contributed by atoms with Gasteiger partial charge in [0.25, 0.3) is 0 Å². The molecule has 0 aliphatic carbocycles. The van der Waals surface area contributed by atoms with Crippen molar-refractivity contribution in [2.75, 3.05) is 35.9 Å². The van der Waals surface area contributed by atoms with Crippen LogP contribution in [0.5, 0.6) is 5.75 Å². The van der Waals surface area contributed by atoms with Crippen molar-refractivity contribution in [2.24, 2.45) is 0 Å². The van der Waals surface area contributed by atoms with Gasteiger partial charge < -0.3 is 10.1 Å². The number of fused-ring (bicyclic) bond motifs is 2. The molecule has 0 radical (unpaired) electrons. The molecular weight excluding hydrogens is 471 g/mol. The maximum Gasteiger partial charge on any atom is 0.416 e. The Hall–Kier alpha value is -3.05. The Kier molecular flexibility index (Phi) is 5.17. The monoisotopic (exact) mass is 493 g/mol. The number of hydrogen-bond donors (Lipinski definition) is 2. The topological polar surface area (TPSA) is 87.7 Å². The summed E-state index contributed by atoms with van der Waals surface area (Å²) in [5.74, 6) is -0.428. The molecule has 1 amide bonds. The molecule has 1 spiro atoms. The molecule has 5 rings (SSSR count). The fourth-order valence-electron chi connectivity index (χ4n) is 4.85. The third-order valence-corrected chi connectivity index (χ3v) is 7.51. The molecule has 0 atom stereocenters. The van der Waals surface area contributed by atoms with Gasteiger partial charge in [0.05, 0.1) is 17.0 Å². The summed E-state index contributed by atoms with van der Waals surface area (Å²) >= 11 is 0. The first kappa shape index (κ1) is 22.7. The Morgan fingerprint density at radius 1 is 1.24 bits per heavy atom. The number of hydrogen-bond acceptors (Lipinski definition) is 5. The Balaban J connectivity index is 1.46. The van der Waals surface area contributed by atoms with E-state index in [2.05, 4.69) is 10.0 Å². The maximum absolute atomic E-state index is 13.3. The van der Waals surface area contributed by atoms with Crippen LogP contribution in [-0.4, -0.2) is 50.7 Å². The molecule has 0 bridgehead atoms. The summed E-state index contributed by atoms with van der Waals surface area (Å²) < 4.78 is 71.9. The van der Waals surface area contributed by atoms with Gasteiger partial charge in [0, 0.05) is 42.4 Å². The average molecular weight is 494 g/mol. The van der Waals surface area contributed by atoms with Gasteiger partial charge in [-0.2, -0.15) is 13.2 Å². The molecule has 0 saturated carbocycles. The number of alkyl halides is 3. The standard InChI is InChI=1S/C23H22F3N3O4S/c1-29-12-22(13-29)11-14(16-6-5-15(23(24,25)26)10-20(16)33-22)9-21(30)27-18-3-2-4-19-17(18)7-8-34(31,32)28-19/h2-6,9-10,28H,7-8,11-13H2,1H3,(H,27,30). The quantitative estimate of drug-likeness (QED) is 0.626.